The molecule has 0 bridgehead atoms. The van der Waals surface area contributed by atoms with Crippen LogP contribution in [0.3, 0.4) is 0 Å². The zero-order valence-corrected chi connectivity index (χ0v) is 13.7. The topological polar surface area (TPSA) is 44.3 Å². The van der Waals surface area contributed by atoms with E-state index in [2.05, 4.69) is 46.9 Å². The lowest BCUT2D eigenvalue weighted by Gasteiger charge is -2.38. The zero-order valence-electron chi connectivity index (χ0n) is 13.7. The quantitative estimate of drug-likeness (QED) is 0.903. The van der Waals surface area contributed by atoms with Gasteiger partial charge in [-0.25, -0.2) is 9.97 Å². The van der Waals surface area contributed by atoms with Gasteiger partial charge in [0.15, 0.2) is 0 Å². The van der Waals surface area contributed by atoms with Crippen molar-refractivity contribution < 1.29 is 0 Å². The van der Waals surface area contributed by atoms with Crippen molar-refractivity contribution in [1.82, 2.24) is 14.9 Å². The summed E-state index contributed by atoms with van der Waals surface area (Å²) in [7, 11) is 1.92. The molecule has 1 atom stereocenters. The smallest absolute Gasteiger partial charge is 0.138 e. The highest BCUT2D eigenvalue weighted by Crippen LogP contribution is 2.27. The van der Waals surface area contributed by atoms with Crippen LogP contribution in [0.5, 0.6) is 0 Å². The summed E-state index contributed by atoms with van der Waals surface area (Å²) in [6, 6.07) is 2.80. The van der Waals surface area contributed by atoms with Crippen LogP contribution in [0.4, 0.5) is 11.6 Å². The monoisotopic (exact) mass is 289 g/mol. The van der Waals surface area contributed by atoms with E-state index in [1.54, 1.807) is 0 Å². The van der Waals surface area contributed by atoms with E-state index in [1.807, 2.05) is 7.05 Å². The number of fused-ring (bicyclic) bond motifs is 1. The average Bonchev–Trinajstić information content (AvgIpc) is 2.93. The third-order valence-corrected chi connectivity index (χ3v) is 4.55. The van der Waals surface area contributed by atoms with Gasteiger partial charge in [-0.05, 0) is 19.4 Å². The van der Waals surface area contributed by atoms with Crippen molar-refractivity contribution in [3.63, 3.8) is 0 Å². The van der Waals surface area contributed by atoms with Crippen LogP contribution in [-0.2, 0) is 5.41 Å². The molecule has 0 saturated carbocycles. The Bertz CT molecular complexity index is 508. The highest BCUT2D eigenvalue weighted by molar-refractivity contribution is 5.50. The summed E-state index contributed by atoms with van der Waals surface area (Å²) in [6.45, 7) is 11.1. The standard InChI is InChI=1S/C16H27N5/c1-16(2,3)15-18-13(17-4)10-14(19-15)21-9-8-20-7-5-6-12(20)11-21/h10,12H,5-9,11H2,1-4H3,(H,17,18,19). The fraction of sp³-hybridized carbons (Fsp3) is 0.750. The van der Waals surface area contributed by atoms with Crippen LogP contribution < -0.4 is 10.2 Å². The van der Waals surface area contributed by atoms with Gasteiger partial charge in [-0.2, -0.15) is 0 Å². The van der Waals surface area contributed by atoms with E-state index in [4.69, 9.17) is 4.98 Å². The Morgan fingerprint density at radius 1 is 1.19 bits per heavy atom. The highest BCUT2D eigenvalue weighted by Gasteiger charge is 2.31. The molecule has 0 spiro atoms. The summed E-state index contributed by atoms with van der Waals surface area (Å²) >= 11 is 0. The summed E-state index contributed by atoms with van der Waals surface area (Å²) in [6.07, 6.45) is 2.67. The van der Waals surface area contributed by atoms with Gasteiger partial charge in [0.2, 0.25) is 0 Å². The summed E-state index contributed by atoms with van der Waals surface area (Å²) in [4.78, 5) is 14.5. The van der Waals surface area contributed by atoms with Crippen LogP contribution >= 0.6 is 0 Å². The van der Waals surface area contributed by atoms with Gasteiger partial charge < -0.3 is 10.2 Å². The molecule has 2 saturated heterocycles. The minimum atomic E-state index is -0.0310. The van der Waals surface area contributed by atoms with Gasteiger partial charge >= 0.3 is 0 Å². The van der Waals surface area contributed by atoms with Crippen LogP contribution in [0.1, 0.15) is 39.4 Å². The van der Waals surface area contributed by atoms with Gasteiger partial charge in [0.05, 0.1) is 0 Å². The van der Waals surface area contributed by atoms with E-state index in [0.717, 1.165) is 37.1 Å². The molecule has 3 rings (SSSR count). The second kappa shape index (κ2) is 5.44. The maximum absolute atomic E-state index is 4.85. The van der Waals surface area contributed by atoms with Crippen molar-refractivity contribution in [2.45, 2.75) is 45.1 Å². The number of hydrogen-bond donors (Lipinski definition) is 1. The van der Waals surface area contributed by atoms with Crippen LogP contribution in [-0.4, -0.2) is 54.1 Å². The first-order valence-corrected chi connectivity index (χ1v) is 8.03. The summed E-state index contributed by atoms with van der Waals surface area (Å²) in [5.41, 5.74) is -0.0310. The average molecular weight is 289 g/mol. The van der Waals surface area contributed by atoms with E-state index in [-0.39, 0.29) is 5.41 Å². The lowest BCUT2D eigenvalue weighted by Crippen LogP contribution is -2.50. The fourth-order valence-electron chi connectivity index (χ4n) is 3.26. The Labute approximate surface area is 127 Å². The van der Waals surface area contributed by atoms with Crippen molar-refractivity contribution in [1.29, 1.82) is 0 Å². The number of piperazine rings is 1. The van der Waals surface area contributed by atoms with Gasteiger partial charge in [-0.3, -0.25) is 4.90 Å². The van der Waals surface area contributed by atoms with E-state index in [9.17, 15) is 0 Å². The molecule has 0 aliphatic carbocycles. The molecule has 0 radical (unpaired) electrons. The van der Waals surface area contributed by atoms with Gasteiger partial charge in [0.25, 0.3) is 0 Å². The minimum Gasteiger partial charge on any atom is -0.373 e. The molecule has 2 fully saturated rings. The predicted molar refractivity (Wildman–Crippen MR) is 87.1 cm³/mol. The highest BCUT2D eigenvalue weighted by atomic mass is 15.3. The molecule has 21 heavy (non-hydrogen) atoms. The summed E-state index contributed by atoms with van der Waals surface area (Å²) in [5, 5.41) is 3.18. The molecule has 2 aliphatic rings. The van der Waals surface area contributed by atoms with Crippen molar-refractivity contribution in [3.05, 3.63) is 11.9 Å². The van der Waals surface area contributed by atoms with E-state index < -0.39 is 0 Å². The number of nitrogens with zero attached hydrogens (tertiary/aromatic N) is 4. The number of rotatable bonds is 2. The van der Waals surface area contributed by atoms with Crippen LogP contribution in [0, 0.1) is 0 Å². The van der Waals surface area contributed by atoms with E-state index >= 15 is 0 Å². The SMILES string of the molecule is CNc1cc(N2CCN3CCCC3C2)nc(C(C)(C)C)n1. The molecule has 5 nitrogen and oxygen atoms in total. The minimum absolute atomic E-state index is 0.0310. The van der Waals surface area contributed by atoms with E-state index in [0.29, 0.717) is 6.04 Å². The third kappa shape index (κ3) is 2.98. The van der Waals surface area contributed by atoms with Crippen molar-refractivity contribution in [2.75, 3.05) is 43.4 Å². The largest absolute Gasteiger partial charge is 0.373 e. The molecule has 5 heteroatoms. The Morgan fingerprint density at radius 2 is 2.00 bits per heavy atom. The first kappa shape index (κ1) is 14.6. The van der Waals surface area contributed by atoms with Gasteiger partial charge in [-0.1, -0.05) is 20.8 Å². The number of nitrogens with one attached hydrogen (secondary N) is 1. The Kier molecular flexibility index (Phi) is 3.78. The molecule has 1 aromatic heterocycles. The molecular weight excluding hydrogens is 262 g/mol. The second-order valence-electron chi connectivity index (χ2n) is 7.21. The summed E-state index contributed by atoms with van der Waals surface area (Å²) < 4.78 is 0. The molecule has 2 aliphatic heterocycles. The zero-order chi connectivity index (χ0) is 15.0. The van der Waals surface area contributed by atoms with Crippen molar-refractivity contribution in [3.8, 4) is 0 Å². The van der Waals surface area contributed by atoms with Crippen LogP contribution in [0.25, 0.3) is 0 Å². The molecule has 0 aromatic carbocycles. The third-order valence-electron chi connectivity index (χ3n) is 4.55. The maximum Gasteiger partial charge on any atom is 0.138 e. The molecule has 0 amide bonds. The summed E-state index contributed by atoms with van der Waals surface area (Å²) in [5.74, 6) is 2.91. The normalized spacial score (nSPS) is 23.2. The first-order chi connectivity index (χ1) is 9.97. The van der Waals surface area contributed by atoms with Gasteiger partial charge in [-0.15, -0.1) is 0 Å². The molecule has 116 valence electrons. The predicted octanol–water partition coefficient (Wildman–Crippen LogP) is 2.10. The van der Waals surface area contributed by atoms with Crippen molar-refractivity contribution in [2.24, 2.45) is 0 Å². The maximum atomic E-state index is 4.85. The lowest BCUT2D eigenvalue weighted by atomic mass is 9.95. The fourth-order valence-corrected chi connectivity index (χ4v) is 3.26. The molecule has 1 aromatic rings. The van der Waals surface area contributed by atoms with Crippen LogP contribution in [0.2, 0.25) is 0 Å². The van der Waals surface area contributed by atoms with Gasteiger partial charge in [0.1, 0.15) is 17.5 Å². The first-order valence-electron chi connectivity index (χ1n) is 8.03. The number of anilines is 2. The van der Waals surface area contributed by atoms with E-state index in [1.165, 1.54) is 19.4 Å². The van der Waals surface area contributed by atoms with Gasteiger partial charge in [0, 0.05) is 44.2 Å². The van der Waals surface area contributed by atoms with Crippen LogP contribution in [0.15, 0.2) is 6.07 Å². The Balaban J connectivity index is 1.87. The number of hydrogen-bond acceptors (Lipinski definition) is 5. The molecular formula is C16H27N5. The Morgan fingerprint density at radius 3 is 2.71 bits per heavy atom. The lowest BCUT2D eigenvalue weighted by molar-refractivity contribution is 0.230. The second-order valence-corrected chi connectivity index (χ2v) is 7.21. The van der Waals surface area contributed by atoms with Crippen molar-refractivity contribution >= 4 is 11.6 Å². The Hall–Kier alpha value is -1.36. The molecule has 3 heterocycles. The molecule has 1 N–H and O–H groups in total. The molecule has 1 unspecified atom stereocenters. The number of aromatic nitrogens is 2.